The summed E-state index contributed by atoms with van der Waals surface area (Å²) in [5, 5.41) is 9.28. The fourth-order valence-electron chi connectivity index (χ4n) is 1.82. The molecular formula is C14H15FO8. The fourth-order valence-corrected chi connectivity index (χ4v) is 1.82. The Bertz CT molecular complexity index is 537. The van der Waals surface area contributed by atoms with Gasteiger partial charge in [0.25, 0.3) is 0 Å². The van der Waals surface area contributed by atoms with Gasteiger partial charge in [-0.1, -0.05) is 30.3 Å². The van der Waals surface area contributed by atoms with Crippen molar-refractivity contribution in [3.63, 3.8) is 0 Å². The Morgan fingerprint density at radius 1 is 1.22 bits per heavy atom. The van der Waals surface area contributed by atoms with Crippen molar-refractivity contribution in [3.8, 4) is 0 Å². The first kappa shape index (κ1) is 17.0. The summed E-state index contributed by atoms with van der Waals surface area (Å²) in [6, 6.07) is 8.74. The van der Waals surface area contributed by atoms with E-state index in [9.17, 15) is 19.1 Å². The van der Waals surface area contributed by atoms with Gasteiger partial charge < -0.3 is 28.8 Å². The zero-order valence-electron chi connectivity index (χ0n) is 12.1. The molecule has 0 aromatic heterocycles. The van der Waals surface area contributed by atoms with Crippen LogP contribution in [0, 0.1) is 0 Å². The lowest BCUT2D eigenvalue weighted by Crippen LogP contribution is -2.37. The summed E-state index contributed by atoms with van der Waals surface area (Å²) < 4.78 is 36.7. The molecule has 0 spiro atoms. The highest BCUT2D eigenvalue weighted by atomic mass is 19.1. The van der Waals surface area contributed by atoms with E-state index in [4.69, 9.17) is 9.47 Å². The average Bonchev–Trinajstić information content (AvgIpc) is 2.81. The molecule has 126 valence electrons. The molecule has 1 aromatic carbocycles. The Labute approximate surface area is 130 Å². The molecule has 0 radical (unpaired) electrons. The van der Waals surface area contributed by atoms with Crippen molar-refractivity contribution in [2.24, 2.45) is 0 Å². The van der Waals surface area contributed by atoms with Crippen LogP contribution < -0.4 is 0 Å². The molecule has 1 fully saturated rings. The fraction of sp³-hybridized carbons (Fsp3) is 0.429. The maximum atomic E-state index is 13.8. The smallest absolute Gasteiger partial charge is 0.438 e. The van der Waals surface area contributed by atoms with E-state index >= 15 is 0 Å². The molecule has 0 aliphatic carbocycles. The van der Waals surface area contributed by atoms with Crippen LogP contribution in [0.5, 0.6) is 0 Å². The molecule has 1 aliphatic rings. The third-order valence-corrected chi connectivity index (χ3v) is 2.94. The van der Waals surface area contributed by atoms with Crippen LogP contribution in [0.4, 0.5) is 14.0 Å². The quantitative estimate of drug-likeness (QED) is 0.829. The lowest BCUT2D eigenvalue weighted by atomic mass is 10.2. The number of halogens is 1. The highest BCUT2D eigenvalue weighted by Gasteiger charge is 2.50. The van der Waals surface area contributed by atoms with Crippen molar-refractivity contribution >= 4 is 12.3 Å². The van der Waals surface area contributed by atoms with Crippen LogP contribution in [0.3, 0.4) is 0 Å². The molecule has 1 saturated heterocycles. The van der Waals surface area contributed by atoms with E-state index in [0.717, 1.165) is 7.11 Å². The molecule has 1 N–H and O–H groups in total. The number of hydrogen-bond donors (Lipinski definition) is 1. The number of aliphatic hydroxyl groups excluding tert-OH is 1. The number of carbonyl (C=O) groups is 2. The first-order valence-electron chi connectivity index (χ1n) is 6.61. The SMILES string of the molecule is COC(=O)O[C@H]1OC(O)[C@@H](F)[C@@H]1OC(=O)OCc1ccccc1. The van der Waals surface area contributed by atoms with Crippen molar-refractivity contribution in [2.45, 2.75) is 31.5 Å². The molecule has 1 unspecified atom stereocenters. The monoisotopic (exact) mass is 330 g/mol. The number of aliphatic hydroxyl groups is 1. The summed E-state index contributed by atoms with van der Waals surface area (Å²) >= 11 is 0. The maximum Gasteiger partial charge on any atom is 0.510 e. The van der Waals surface area contributed by atoms with Crippen LogP contribution in [0.15, 0.2) is 30.3 Å². The second-order valence-electron chi connectivity index (χ2n) is 4.52. The van der Waals surface area contributed by atoms with E-state index < -0.39 is 37.2 Å². The third-order valence-electron chi connectivity index (χ3n) is 2.94. The number of hydrogen-bond acceptors (Lipinski definition) is 8. The van der Waals surface area contributed by atoms with Gasteiger partial charge in [0.05, 0.1) is 7.11 Å². The summed E-state index contributed by atoms with van der Waals surface area (Å²) in [6.45, 7) is -0.0880. The maximum absolute atomic E-state index is 13.8. The van der Waals surface area contributed by atoms with Crippen LogP contribution in [0.25, 0.3) is 0 Å². The van der Waals surface area contributed by atoms with Gasteiger partial charge in [-0.2, -0.15) is 0 Å². The van der Waals surface area contributed by atoms with Gasteiger partial charge in [-0.25, -0.2) is 14.0 Å². The van der Waals surface area contributed by atoms with Crippen molar-refractivity contribution < 1.29 is 42.8 Å². The number of rotatable bonds is 4. The summed E-state index contributed by atoms with van der Waals surface area (Å²) in [5.74, 6) is 0. The van der Waals surface area contributed by atoms with Gasteiger partial charge in [-0.15, -0.1) is 0 Å². The van der Waals surface area contributed by atoms with Crippen LogP contribution in [0.1, 0.15) is 5.56 Å². The van der Waals surface area contributed by atoms with E-state index in [2.05, 4.69) is 14.2 Å². The standard InChI is InChI=1S/C14H15FO8/c1-19-13(17)23-12-10(9(15)11(16)22-12)21-14(18)20-7-8-5-3-2-4-6-8/h2-6,9-12,16H,7H2,1H3/t9-,10-,11?,12+/m0/s1. The Hall–Kier alpha value is -2.39. The van der Waals surface area contributed by atoms with E-state index in [1.807, 2.05) is 0 Å². The molecule has 8 nitrogen and oxygen atoms in total. The van der Waals surface area contributed by atoms with Gasteiger partial charge in [0, 0.05) is 0 Å². The first-order chi connectivity index (χ1) is 11.0. The molecule has 4 atom stereocenters. The largest absolute Gasteiger partial charge is 0.510 e. The normalized spacial score (nSPS) is 26.4. The molecule has 1 aliphatic heterocycles. The second kappa shape index (κ2) is 7.75. The molecule has 2 rings (SSSR count). The molecule has 1 heterocycles. The number of benzene rings is 1. The number of carbonyl (C=O) groups excluding carboxylic acids is 2. The van der Waals surface area contributed by atoms with Crippen LogP contribution in [-0.2, 0) is 30.3 Å². The van der Waals surface area contributed by atoms with Gasteiger partial charge in [-0.05, 0) is 5.56 Å². The van der Waals surface area contributed by atoms with Crippen LogP contribution >= 0.6 is 0 Å². The highest BCUT2D eigenvalue weighted by Crippen LogP contribution is 2.27. The number of alkyl halides is 1. The van der Waals surface area contributed by atoms with Crippen molar-refractivity contribution in [1.29, 1.82) is 0 Å². The Balaban J connectivity index is 1.90. The third kappa shape index (κ3) is 4.54. The average molecular weight is 330 g/mol. The van der Waals surface area contributed by atoms with Gasteiger partial charge in [0.15, 0.2) is 12.5 Å². The lowest BCUT2D eigenvalue weighted by Gasteiger charge is -2.18. The Morgan fingerprint density at radius 2 is 1.91 bits per heavy atom. The van der Waals surface area contributed by atoms with Gasteiger partial charge >= 0.3 is 12.3 Å². The minimum atomic E-state index is -2.10. The molecular weight excluding hydrogens is 315 g/mol. The topological polar surface area (TPSA) is 101 Å². The number of methoxy groups -OCH3 is 1. The van der Waals surface area contributed by atoms with Crippen molar-refractivity contribution in [3.05, 3.63) is 35.9 Å². The zero-order valence-corrected chi connectivity index (χ0v) is 12.1. The molecule has 0 amide bonds. The lowest BCUT2D eigenvalue weighted by molar-refractivity contribution is -0.188. The Kier molecular flexibility index (Phi) is 5.72. The summed E-state index contributed by atoms with van der Waals surface area (Å²) in [6.07, 6.45) is -9.70. The molecule has 1 aromatic rings. The minimum Gasteiger partial charge on any atom is -0.438 e. The van der Waals surface area contributed by atoms with E-state index in [-0.39, 0.29) is 6.61 Å². The van der Waals surface area contributed by atoms with Crippen molar-refractivity contribution in [1.82, 2.24) is 0 Å². The second-order valence-corrected chi connectivity index (χ2v) is 4.52. The van der Waals surface area contributed by atoms with E-state index in [1.165, 1.54) is 0 Å². The summed E-state index contributed by atoms with van der Waals surface area (Å²) in [5.41, 5.74) is 0.700. The van der Waals surface area contributed by atoms with Crippen molar-refractivity contribution in [2.75, 3.05) is 7.11 Å². The first-order valence-corrected chi connectivity index (χ1v) is 6.61. The highest BCUT2D eigenvalue weighted by molar-refractivity contribution is 5.61. The predicted molar refractivity (Wildman–Crippen MR) is 70.8 cm³/mol. The molecule has 0 bridgehead atoms. The molecule has 23 heavy (non-hydrogen) atoms. The van der Waals surface area contributed by atoms with Gasteiger partial charge in [-0.3, -0.25) is 0 Å². The predicted octanol–water partition coefficient (Wildman–Crippen LogP) is 1.50. The van der Waals surface area contributed by atoms with Crippen LogP contribution in [-0.4, -0.2) is 49.4 Å². The van der Waals surface area contributed by atoms with E-state index in [1.54, 1.807) is 30.3 Å². The molecule has 9 heteroatoms. The minimum absolute atomic E-state index is 0.0880. The van der Waals surface area contributed by atoms with E-state index in [0.29, 0.717) is 5.56 Å². The number of ether oxygens (including phenoxy) is 5. The Morgan fingerprint density at radius 3 is 2.57 bits per heavy atom. The summed E-state index contributed by atoms with van der Waals surface area (Å²) in [4.78, 5) is 22.6. The van der Waals surface area contributed by atoms with Gasteiger partial charge in [0.2, 0.25) is 12.4 Å². The summed E-state index contributed by atoms with van der Waals surface area (Å²) in [7, 11) is 1.03. The van der Waals surface area contributed by atoms with Gasteiger partial charge in [0.1, 0.15) is 6.61 Å². The zero-order chi connectivity index (χ0) is 16.8. The molecule has 0 saturated carbocycles. The van der Waals surface area contributed by atoms with Crippen LogP contribution in [0.2, 0.25) is 0 Å².